The molecule has 0 amide bonds. The van der Waals surface area contributed by atoms with Crippen LogP contribution >= 0.6 is 0 Å². The molecule has 1 unspecified atom stereocenters. The zero-order valence-corrected chi connectivity index (χ0v) is 15.2. The van der Waals surface area contributed by atoms with E-state index in [2.05, 4.69) is 89.1 Å². The molecule has 1 aliphatic heterocycles. The lowest BCUT2D eigenvalue weighted by Crippen LogP contribution is -2.46. The highest BCUT2D eigenvalue weighted by molar-refractivity contribution is 5.80. The molecule has 2 heterocycles. The molecule has 3 heteroatoms. The van der Waals surface area contributed by atoms with E-state index in [-0.39, 0.29) is 0 Å². The Labute approximate surface area is 150 Å². The largest absolute Gasteiger partial charge is 0.348 e. The molecule has 0 spiro atoms. The van der Waals surface area contributed by atoms with Gasteiger partial charge in [-0.1, -0.05) is 42.5 Å². The van der Waals surface area contributed by atoms with E-state index >= 15 is 0 Å². The van der Waals surface area contributed by atoms with E-state index in [9.17, 15) is 0 Å². The van der Waals surface area contributed by atoms with Gasteiger partial charge in [-0.05, 0) is 42.6 Å². The fraction of sp³-hybridized carbons (Fsp3) is 0.364. The maximum atomic E-state index is 2.60. The first-order valence-corrected chi connectivity index (χ1v) is 9.30. The van der Waals surface area contributed by atoms with Crippen molar-refractivity contribution in [3.05, 3.63) is 71.9 Å². The van der Waals surface area contributed by atoms with Gasteiger partial charge in [0, 0.05) is 50.5 Å². The summed E-state index contributed by atoms with van der Waals surface area (Å²) in [5.41, 5.74) is 4.19. The summed E-state index contributed by atoms with van der Waals surface area (Å²) in [7, 11) is 2.25. The number of nitrogens with zero attached hydrogens (tertiary/aromatic N) is 3. The number of aryl methyl sites for hydroxylation is 1. The second-order valence-electron chi connectivity index (χ2n) is 7.14. The van der Waals surface area contributed by atoms with Crippen molar-refractivity contribution in [1.82, 2.24) is 14.4 Å². The minimum atomic E-state index is 0.484. The molecule has 2 aromatic carbocycles. The summed E-state index contributed by atoms with van der Waals surface area (Å²) in [6, 6.07) is 20.5. The number of piperazine rings is 1. The lowest BCUT2D eigenvalue weighted by molar-refractivity contribution is 0.0905. The lowest BCUT2D eigenvalue weighted by atomic mass is 10.0. The van der Waals surface area contributed by atoms with Crippen LogP contribution in [0.2, 0.25) is 0 Å². The summed E-state index contributed by atoms with van der Waals surface area (Å²) in [5.74, 6) is 0. The molecule has 4 rings (SSSR count). The zero-order valence-electron chi connectivity index (χ0n) is 15.2. The standard InChI is InChI=1S/C22H27N3/c1-3-25-12-11-20-10-9-18(15-21(20)25)16-24-14-13-23(2)22(17-24)19-7-5-4-6-8-19/h4-12,15,22H,3,13-14,16-17H2,1-2H3. The number of rotatable bonds is 4. The second-order valence-corrected chi connectivity index (χ2v) is 7.14. The number of aromatic nitrogens is 1. The highest BCUT2D eigenvalue weighted by Crippen LogP contribution is 2.25. The molecule has 1 aromatic heterocycles. The Bertz CT molecular complexity index is 837. The Morgan fingerprint density at radius 3 is 2.64 bits per heavy atom. The van der Waals surface area contributed by atoms with Gasteiger partial charge in [0.15, 0.2) is 0 Å². The van der Waals surface area contributed by atoms with E-state index in [1.807, 2.05) is 0 Å². The van der Waals surface area contributed by atoms with Gasteiger partial charge >= 0.3 is 0 Å². The quantitative estimate of drug-likeness (QED) is 0.710. The summed E-state index contributed by atoms with van der Waals surface area (Å²) in [5, 5.41) is 1.34. The van der Waals surface area contributed by atoms with Gasteiger partial charge in [-0.15, -0.1) is 0 Å². The van der Waals surface area contributed by atoms with Crippen LogP contribution in [-0.4, -0.2) is 41.0 Å². The Morgan fingerprint density at radius 1 is 1.00 bits per heavy atom. The minimum absolute atomic E-state index is 0.484. The molecule has 1 fully saturated rings. The van der Waals surface area contributed by atoms with Crippen LogP contribution in [0.4, 0.5) is 0 Å². The van der Waals surface area contributed by atoms with Gasteiger partial charge in [0.05, 0.1) is 0 Å². The lowest BCUT2D eigenvalue weighted by Gasteiger charge is -2.39. The molecule has 1 saturated heterocycles. The van der Waals surface area contributed by atoms with E-state index in [1.165, 1.54) is 22.0 Å². The van der Waals surface area contributed by atoms with E-state index in [0.29, 0.717) is 6.04 Å². The third-order valence-electron chi connectivity index (χ3n) is 5.50. The molecule has 0 N–H and O–H groups in total. The number of likely N-dealkylation sites (N-methyl/N-ethyl adjacent to an activating group) is 1. The first-order chi connectivity index (χ1) is 12.2. The number of benzene rings is 2. The Kier molecular flexibility index (Phi) is 4.60. The average molecular weight is 333 g/mol. The van der Waals surface area contributed by atoms with Gasteiger partial charge in [0.1, 0.15) is 0 Å². The van der Waals surface area contributed by atoms with Crippen molar-refractivity contribution in [1.29, 1.82) is 0 Å². The van der Waals surface area contributed by atoms with Crippen LogP contribution in [0.25, 0.3) is 10.9 Å². The predicted octanol–water partition coefficient (Wildman–Crippen LogP) is 4.15. The van der Waals surface area contributed by atoms with Gasteiger partial charge in [-0.2, -0.15) is 0 Å². The van der Waals surface area contributed by atoms with E-state index in [0.717, 1.165) is 32.7 Å². The van der Waals surface area contributed by atoms with Crippen molar-refractivity contribution in [3.8, 4) is 0 Å². The van der Waals surface area contributed by atoms with Crippen molar-refractivity contribution >= 4 is 10.9 Å². The monoisotopic (exact) mass is 333 g/mol. The fourth-order valence-corrected chi connectivity index (χ4v) is 3.97. The van der Waals surface area contributed by atoms with Crippen molar-refractivity contribution < 1.29 is 0 Å². The van der Waals surface area contributed by atoms with Crippen molar-refractivity contribution in [2.24, 2.45) is 0 Å². The predicted molar refractivity (Wildman–Crippen MR) is 105 cm³/mol. The molecule has 1 atom stereocenters. The van der Waals surface area contributed by atoms with E-state index in [1.54, 1.807) is 0 Å². The second kappa shape index (κ2) is 7.03. The molecule has 1 aliphatic rings. The van der Waals surface area contributed by atoms with Crippen molar-refractivity contribution in [2.75, 3.05) is 26.7 Å². The van der Waals surface area contributed by atoms with Crippen LogP contribution in [0.15, 0.2) is 60.8 Å². The molecular formula is C22H27N3. The molecule has 0 saturated carbocycles. The summed E-state index contributed by atoms with van der Waals surface area (Å²) in [6.45, 7) is 7.60. The molecule has 25 heavy (non-hydrogen) atoms. The topological polar surface area (TPSA) is 11.4 Å². The molecule has 0 radical (unpaired) electrons. The van der Waals surface area contributed by atoms with E-state index < -0.39 is 0 Å². The maximum Gasteiger partial charge on any atom is 0.0483 e. The highest BCUT2D eigenvalue weighted by Gasteiger charge is 2.25. The Morgan fingerprint density at radius 2 is 1.84 bits per heavy atom. The van der Waals surface area contributed by atoms with Gasteiger partial charge in [-0.25, -0.2) is 0 Å². The molecule has 0 aliphatic carbocycles. The van der Waals surface area contributed by atoms with Gasteiger partial charge < -0.3 is 4.57 Å². The van der Waals surface area contributed by atoms with Crippen molar-refractivity contribution in [3.63, 3.8) is 0 Å². The van der Waals surface area contributed by atoms with Crippen LogP contribution in [-0.2, 0) is 13.1 Å². The Balaban J connectivity index is 1.52. The SMILES string of the molecule is CCn1ccc2ccc(CN3CCN(C)C(c4ccccc4)C3)cc21. The van der Waals surface area contributed by atoms with Gasteiger partial charge in [-0.3, -0.25) is 9.80 Å². The first kappa shape index (κ1) is 16.4. The molecule has 130 valence electrons. The van der Waals surface area contributed by atoms with E-state index in [4.69, 9.17) is 0 Å². The van der Waals surface area contributed by atoms with Gasteiger partial charge in [0.25, 0.3) is 0 Å². The minimum Gasteiger partial charge on any atom is -0.348 e. The van der Waals surface area contributed by atoms with Gasteiger partial charge in [0.2, 0.25) is 0 Å². The fourth-order valence-electron chi connectivity index (χ4n) is 3.97. The first-order valence-electron chi connectivity index (χ1n) is 9.30. The number of hydrogen-bond donors (Lipinski definition) is 0. The molecule has 0 bridgehead atoms. The van der Waals surface area contributed by atoms with Crippen LogP contribution in [0.5, 0.6) is 0 Å². The summed E-state index contributed by atoms with van der Waals surface area (Å²) < 4.78 is 2.33. The highest BCUT2D eigenvalue weighted by atomic mass is 15.3. The van der Waals surface area contributed by atoms with Crippen molar-refractivity contribution in [2.45, 2.75) is 26.1 Å². The smallest absolute Gasteiger partial charge is 0.0483 e. The Hall–Kier alpha value is -2.10. The third kappa shape index (κ3) is 3.35. The maximum absolute atomic E-state index is 2.60. The average Bonchev–Trinajstić information content (AvgIpc) is 3.06. The molecule has 3 nitrogen and oxygen atoms in total. The van der Waals surface area contributed by atoms with Crippen LogP contribution < -0.4 is 0 Å². The zero-order chi connectivity index (χ0) is 17.2. The van der Waals surface area contributed by atoms with Crippen LogP contribution in [0.1, 0.15) is 24.1 Å². The molecule has 3 aromatic rings. The number of fused-ring (bicyclic) bond motifs is 1. The third-order valence-corrected chi connectivity index (χ3v) is 5.50. The number of hydrogen-bond acceptors (Lipinski definition) is 2. The summed E-state index contributed by atoms with van der Waals surface area (Å²) in [6.07, 6.45) is 2.19. The summed E-state index contributed by atoms with van der Waals surface area (Å²) in [4.78, 5) is 5.08. The van der Waals surface area contributed by atoms with Crippen LogP contribution in [0.3, 0.4) is 0 Å². The summed E-state index contributed by atoms with van der Waals surface area (Å²) >= 11 is 0. The molecular weight excluding hydrogens is 306 g/mol. The normalized spacial score (nSPS) is 19.5. The van der Waals surface area contributed by atoms with Crippen LogP contribution in [0, 0.1) is 0 Å².